The molecule has 1 aromatic heterocycles. The largest absolute Gasteiger partial charge is 0.409 e. The fourth-order valence-corrected chi connectivity index (χ4v) is 1.35. The van der Waals surface area contributed by atoms with Crippen molar-refractivity contribution in [3.63, 3.8) is 0 Å². The molecule has 7 heteroatoms. The molecule has 14 heavy (non-hydrogen) atoms. The van der Waals surface area contributed by atoms with Gasteiger partial charge in [-0.05, 0) is 18.4 Å². The number of hydrogen-bond donors (Lipinski definition) is 2. The highest BCUT2D eigenvalue weighted by Crippen LogP contribution is 1.98. The van der Waals surface area contributed by atoms with Crippen molar-refractivity contribution < 1.29 is 5.21 Å². The number of thioether (sulfide) groups is 1. The normalized spacial score (nSPS) is 11.9. The molecular weight excluding hydrogens is 202 g/mol. The molecule has 1 rings (SSSR count). The maximum atomic E-state index is 8.38. The van der Waals surface area contributed by atoms with Crippen molar-refractivity contribution in [2.45, 2.75) is 13.0 Å². The third-order valence-electron chi connectivity index (χ3n) is 1.61. The van der Waals surface area contributed by atoms with Crippen molar-refractivity contribution in [2.24, 2.45) is 10.9 Å². The van der Waals surface area contributed by atoms with Gasteiger partial charge in [0, 0.05) is 6.54 Å². The van der Waals surface area contributed by atoms with Crippen LogP contribution in [0.15, 0.2) is 11.5 Å². The van der Waals surface area contributed by atoms with Gasteiger partial charge >= 0.3 is 0 Å². The first kappa shape index (κ1) is 10.8. The van der Waals surface area contributed by atoms with Crippen LogP contribution in [0.2, 0.25) is 0 Å². The second-order valence-electron chi connectivity index (χ2n) is 2.66. The minimum Gasteiger partial charge on any atom is -0.409 e. The zero-order valence-corrected chi connectivity index (χ0v) is 8.74. The van der Waals surface area contributed by atoms with Gasteiger partial charge in [0.1, 0.15) is 6.33 Å². The van der Waals surface area contributed by atoms with Crippen LogP contribution in [0.1, 0.15) is 12.2 Å². The van der Waals surface area contributed by atoms with Crippen molar-refractivity contribution in [3.05, 3.63) is 12.2 Å². The molecule has 0 aliphatic carbocycles. The number of nitrogens with zero attached hydrogens (tertiary/aromatic N) is 4. The Labute approximate surface area is 86.2 Å². The van der Waals surface area contributed by atoms with Gasteiger partial charge in [0.25, 0.3) is 0 Å². The fraction of sp³-hybridized carbons (Fsp3) is 0.571. The van der Waals surface area contributed by atoms with Gasteiger partial charge in [-0.2, -0.15) is 11.8 Å². The van der Waals surface area contributed by atoms with Crippen molar-refractivity contribution in [1.82, 2.24) is 14.8 Å². The van der Waals surface area contributed by atoms with E-state index < -0.39 is 0 Å². The van der Waals surface area contributed by atoms with Gasteiger partial charge in [-0.1, -0.05) is 5.16 Å². The first-order chi connectivity index (χ1) is 6.77. The number of aryl methyl sites for hydroxylation is 1. The quantitative estimate of drug-likeness (QED) is 0.239. The van der Waals surface area contributed by atoms with Crippen molar-refractivity contribution >= 4 is 17.6 Å². The number of aromatic nitrogens is 3. The summed E-state index contributed by atoms with van der Waals surface area (Å²) in [5.74, 6) is 1.28. The minimum atomic E-state index is -0.0615. The van der Waals surface area contributed by atoms with Gasteiger partial charge in [-0.15, -0.1) is 5.10 Å². The average Bonchev–Trinajstić information content (AvgIpc) is 2.66. The zero-order valence-electron chi connectivity index (χ0n) is 7.92. The summed E-state index contributed by atoms with van der Waals surface area (Å²) in [4.78, 5) is 3.89. The molecule has 0 unspecified atom stereocenters. The first-order valence-electron chi connectivity index (χ1n) is 4.14. The van der Waals surface area contributed by atoms with Crippen LogP contribution >= 0.6 is 11.8 Å². The molecule has 1 heterocycles. The Morgan fingerprint density at radius 3 is 3.21 bits per heavy atom. The van der Waals surface area contributed by atoms with Crippen LogP contribution in [0.5, 0.6) is 0 Å². The standard InChI is InChI=1S/C7H13N5OS/c1-14-4-2-3-12-5-9-7(10-12)6(8)11-13/h5,13H,2-4H2,1H3,(H2,8,11). The topological polar surface area (TPSA) is 89.3 Å². The van der Waals surface area contributed by atoms with Gasteiger partial charge in [0.15, 0.2) is 0 Å². The first-order valence-corrected chi connectivity index (χ1v) is 5.53. The van der Waals surface area contributed by atoms with Crippen molar-refractivity contribution in [2.75, 3.05) is 12.0 Å². The van der Waals surface area contributed by atoms with Crippen molar-refractivity contribution in [1.29, 1.82) is 0 Å². The molecule has 0 spiro atoms. The summed E-state index contributed by atoms with van der Waals surface area (Å²) < 4.78 is 1.68. The summed E-state index contributed by atoms with van der Waals surface area (Å²) in [6.07, 6.45) is 4.66. The van der Waals surface area contributed by atoms with E-state index in [-0.39, 0.29) is 11.7 Å². The highest BCUT2D eigenvalue weighted by atomic mass is 32.2. The lowest BCUT2D eigenvalue weighted by Crippen LogP contribution is -2.15. The van der Waals surface area contributed by atoms with E-state index in [0.29, 0.717) is 0 Å². The number of hydrogen-bond acceptors (Lipinski definition) is 5. The molecule has 0 fully saturated rings. The Hall–Kier alpha value is -1.24. The van der Waals surface area contributed by atoms with E-state index in [0.717, 1.165) is 18.7 Å². The molecule has 1 aromatic rings. The van der Waals surface area contributed by atoms with E-state index in [2.05, 4.69) is 21.5 Å². The summed E-state index contributed by atoms with van der Waals surface area (Å²) in [6.45, 7) is 0.798. The van der Waals surface area contributed by atoms with Crippen LogP contribution in [-0.4, -0.2) is 37.8 Å². The van der Waals surface area contributed by atoms with E-state index >= 15 is 0 Å². The van der Waals surface area contributed by atoms with Crippen LogP contribution in [0, 0.1) is 0 Å². The third kappa shape index (κ3) is 2.91. The Morgan fingerprint density at radius 2 is 2.57 bits per heavy atom. The fourth-order valence-electron chi connectivity index (χ4n) is 0.935. The minimum absolute atomic E-state index is 0.0615. The average molecular weight is 215 g/mol. The Morgan fingerprint density at radius 1 is 1.79 bits per heavy atom. The monoisotopic (exact) mass is 215 g/mol. The molecule has 0 aliphatic heterocycles. The molecule has 0 aliphatic rings. The smallest absolute Gasteiger partial charge is 0.219 e. The van der Waals surface area contributed by atoms with E-state index in [1.54, 1.807) is 22.8 Å². The number of amidine groups is 1. The number of oxime groups is 1. The third-order valence-corrected chi connectivity index (χ3v) is 2.31. The molecule has 0 atom stereocenters. The van der Waals surface area contributed by atoms with Gasteiger partial charge in [0.05, 0.1) is 0 Å². The molecule has 0 bridgehead atoms. The van der Waals surface area contributed by atoms with Crippen LogP contribution in [-0.2, 0) is 6.54 Å². The lowest BCUT2D eigenvalue weighted by molar-refractivity contribution is 0.318. The Bertz CT molecular complexity index is 311. The van der Waals surface area contributed by atoms with Crippen LogP contribution in [0.4, 0.5) is 0 Å². The second-order valence-corrected chi connectivity index (χ2v) is 3.65. The number of nitrogens with two attached hydrogens (primary N) is 1. The highest BCUT2D eigenvalue weighted by Gasteiger charge is 2.04. The van der Waals surface area contributed by atoms with E-state index in [9.17, 15) is 0 Å². The summed E-state index contributed by atoms with van der Waals surface area (Å²) >= 11 is 1.79. The van der Waals surface area contributed by atoms with Gasteiger partial charge < -0.3 is 10.9 Å². The predicted octanol–water partition coefficient (Wildman–Crippen LogP) is 0.126. The summed E-state index contributed by atoms with van der Waals surface area (Å²) in [5, 5.41) is 15.2. The summed E-state index contributed by atoms with van der Waals surface area (Å²) in [7, 11) is 0. The highest BCUT2D eigenvalue weighted by molar-refractivity contribution is 7.98. The van der Waals surface area contributed by atoms with Gasteiger partial charge in [0.2, 0.25) is 11.7 Å². The molecule has 6 nitrogen and oxygen atoms in total. The zero-order chi connectivity index (χ0) is 10.4. The summed E-state index contributed by atoms with van der Waals surface area (Å²) in [5.41, 5.74) is 5.32. The summed E-state index contributed by atoms with van der Waals surface area (Å²) in [6, 6.07) is 0. The molecule has 3 N–H and O–H groups in total. The van der Waals surface area contributed by atoms with Gasteiger partial charge in [-0.25, -0.2) is 4.98 Å². The SMILES string of the molecule is CSCCCn1cnc(C(N)=NO)n1. The lowest BCUT2D eigenvalue weighted by atomic mass is 10.5. The Balaban J connectivity index is 2.51. The molecule has 0 saturated carbocycles. The van der Waals surface area contributed by atoms with Gasteiger partial charge in [-0.3, -0.25) is 4.68 Å². The molecule has 78 valence electrons. The molecule has 0 radical (unpaired) electrons. The van der Waals surface area contributed by atoms with E-state index in [4.69, 9.17) is 10.9 Å². The molecule has 0 saturated heterocycles. The van der Waals surface area contributed by atoms with Crippen LogP contribution < -0.4 is 5.73 Å². The maximum absolute atomic E-state index is 8.38. The van der Waals surface area contributed by atoms with Crippen LogP contribution in [0.25, 0.3) is 0 Å². The van der Waals surface area contributed by atoms with Crippen molar-refractivity contribution in [3.8, 4) is 0 Å². The molecule has 0 amide bonds. The Kier molecular flexibility index (Phi) is 4.24. The lowest BCUT2D eigenvalue weighted by Gasteiger charge is -1.97. The number of rotatable bonds is 5. The van der Waals surface area contributed by atoms with E-state index in [1.165, 1.54) is 0 Å². The van der Waals surface area contributed by atoms with E-state index in [1.807, 2.05) is 0 Å². The predicted molar refractivity (Wildman–Crippen MR) is 55.5 cm³/mol. The second kappa shape index (κ2) is 5.48. The van der Waals surface area contributed by atoms with Crippen LogP contribution in [0.3, 0.4) is 0 Å². The maximum Gasteiger partial charge on any atom is 0.219 e. The molecular formula is C7H13N5OS. The molecule has 0 aromatic carbocycles.